The molecule has 1 atom stereocenters. The smallest absolute Gasteiger partial charge is 0.298 e. The quantitative estimate of drug-likeness (QED) is 0.703. The van der Waals surface area contributed by atoms with Gasteiger partial charge in [-0.25, -0.2) is 9.67 Å². The van der Waals surface area contributed by atoms with E-state index in [9.17, 15) is 5.11 Å². The van der Waals surface area contributed by atoms with Gasteiger partial charge in [-0.1, -0.05) is 11.6 Å². The first-order chi connectivity index (χ1) is 13.2. The highest BCUT2D eigenvalue weighted by atomic mass is 35.5. The zero-order valence-electron chi connectivity index (χ0n) is 16.7. The number of fused-ring (bicyclic) bond motifs is 1. The third-order valence-corrected chi connectivity index (χ3v) is 5.36. The maximum Gasteiger partial charge on any atom is 0.298 e. The molecule has 1 aliphatic rings. The number of halogens is 1. The number of rotatable bonds is 3. The molecule has 0 aliphatic carbocycles. The van der Waals surface area contributed by atoms with Gasteiger partial charge in [0.15, 0.2) is 11.4 Å². The van der Waals surface area contributed by atoms with E-state index in [1.165, 1.54) is 0 Å². The lowest BCUT2D eigenvalue weighted by atomic mass is 9.95. The number of benzene rings is 1. The van der Waals surface area contributed by atoms with E-state index in [1.54, 1.807) is 13.0 Å². The average Bonchev–Trinajstić information content (AvgIpc) is 3.26. The molecule has 1 aromatic carbocycles. The standard InChI is InChI=1S/C20H26ClN5O2/c1-12(27)17-23-18(26(24-17)20(2,3)4)13-7-9-25(10-8-13)19-22-15-6-5-14(21)11-16(15)28-19/h5-6,11-13,27H,7-10H2,1-4H3. The van der Waals surface area contributed by atoms with Crippen LogP contribution in [-0.2, 0) is 5.54 Å². The van der Waals surface area contributed by atoms with Gasteiger partial charge in [0.25, 0.3) is 6.01 Å². The van der Waals surface area contributed by atoms with Gasteiger partial charge in [-0.05, 0) is 52.7 Å². The maximum atomic E-state index is 9.93. The van der Waals surface area contributed by atoms with Gasteiger partial charge < -0.3 is 14.4 Å². The number of hydrogen-bond donors (Lipinski definition) is 1. The molecule has 0 amide bonds. The summed E-state index contributed by atoms with van der Waals surface area (Å²) in [4.78, 5) is 11.4. The number of nitrogens with zero attached hydrogens (tertiary/aromatic N) is 5. The van der Waals surface area contributed by atoms with Crippen molar-refractivity contribution in [3.05, 3.63) is 34.9 Å². The predicted molar refractivity (Wildman–Crippen MR) is 109 cm³/mol. The molecule has 0 radical (unpaired) electrons. The van der Waals surface area contributed by atoms with Crippen LogP contribution in [0.15, 0.2) is 22.6 Å². The molecule has 150 valence electrons. The van der Waals surface area contributed by atoms with E-state index in [-0.39, 0.29) is 11.5 Å². The summed E-state index contributed by atoms with van der Waals surface area (Å²) in [6.45, 7) is 9.67. The topological polar surface area (TPSA) is 80.2 Å². The first-order valence-electron chi connectivity index (χ1n) is 9.69. The van der Waals surface area contributed by atoms with Gasteiger partial charge >= 0.3 is 0 Å². The zero-order chi connectivity index (χ0) is 20.1. The molecule has 1 N–H and O–H groups in total. The van der Waals surface area contributed by atoms with Crippen LogP contribution >= 0.6 is 11.6 Å². The summed E-state index contributed by atoms with van der Waals surface area (Å²) in [7, 11) is 0. The Morgan fingerprint density at radius 3 is 2.57 bits per heavy atom. The minimum absolute atomic E-state index is 0.188. The van der Waals surface area contributed by atoms with Crippen LogP contribution < -0.4 is 4.90 Å². The van der Waals surface area contributed by atoms with E-state index in [2.05, 4.69) is 40.7 Å². The Kier molecular flexibility index (Phi) is 4.83. The van der Waals surface area contributed by atoms with Gasteiger partial charge in [-0.15, -0.1) is 0 Å². The molecule has 3 heterocycles. The fourth-order valence-corrected chi connectivity index (χ4v) is 3.79. The highest BCUT2D eigenvalue weighted by Gasteiger charge is 2.31. The first-order valence-corrected chi connectivity index (χ1v) is 10.1. The van der Waals surface area contributed by atoms with Gasteiger partial charge in [-0.2, -0.15) is 10.1 Å². The highest BCUT2D eigenvalue weighted by molar-refractivity contribution is 6.31. The number of piperidine rings is 1. The largest absolute Gasteiger partial charge is 0.423 e. The van der Waals surface area contributed by atoms with E-state index < -0.39 is 6.10 Å². The molecule has 4 rings (SSSR count). The van der Waals surface area contributed by atoms with Crippen molar-refractivity contribution in [2.45, 2.75) is 58.1 Å². The van der Waals surface area contributed by atoms with Gasteiger partial charge in [0.2, 0.25) is 0 Å². The molecule has 3 aromatic rings. The second-order valence-corrected chi connectivity index (χ2v) is 8.89. The molecule has 1 fully saturated rings. The molecule has 28 heavy (non-hydrogen) atoms. The van der Waals surface area contributed by atoms with Crippen molar-refractivity contribution in [3.63, 3.8) is 0 Å². The van der Waals surface area contributed by atoms with Crippen molar-refractivity contribution in [2.75, 3.05) is 18.0 Å². The highest BCUT2D eigenvalue weighted by Crippen LogP contribution is 2.33. The minimum Gasteiger partial charge on any atom is -0.423 e. The van der Waals surface area contributed by atoms with Crippen molar-refractivity contribution in [1.29, 1.82) is 0 Å². The van der Waals surface area contributed by atoms with Gasteiger partial charge in [0.1, 0.15) is 17.4 Å². The van der Waals surface area contributed by atoms with Crippen LogP contribution in [0.4, 0.5) is 6.01 Å². The normalized spacial score (nSPS) is 17.4. The summed E-state index contributed by atoms with van der Waals surface area (Å²) < 4.78 is 7.88. The molecular formula is C20H26ClN5O2. The molecule has 0 saturated carbocycles. The van der Waals surface area contributed by atoms with E-state index in [4.69, 9.17) is 16.0 Å². The van der Waals surface area contributed by atoms with Crippen molar-refractivity contribution in [2.24, 2.45) is 0 Å². The molecule has 1 aliphatic heterocycles. The Morgan fingerprint density at radius 1 is 1.21 bits per heavy atom. The number of aliphatic hydroxyl groups excluding tert-OH is 1. The lowest BCUT2D eigenvalue weighted by Gasteiger charge is -2.32. The third kappa shape index (κ3) is 3.61. The first kappa shape index (κ1) is 19.2. The molecule has 1 saturated heterocycles. The van der Waals surface area contributed by atoms with E-state index in [1.807, 2.05) is 16.8 Å². The molecule has 1 unspecified atom stereocenters. The molecular weight excluding hydrogens is 378 g/mol. The van der Waals surface area contributed by atoms with Crippen molar-refractivity contribution in [3.8, 4) is 0 Å². The van der Waals surface area contributed by atoms with Crippen LogP contribution in [0.25, 0.3) is 11.1 Å². The second kappa shape index (κ2) is 7.04. The summed E-state index contributed by atoms with van der Waals surface area (Å²) in [5.41, 5.74) is 1.33. The van der Waals surface area contributed by atoms with Crippen molar-refractivity contribution in [1.82, 2.24) is 19.7 Å². The van der Waals surface area contributed by atoms with Crippen LogP contribution in [0.5, 0.6) is 0 Å². The van der Waals surface area contributed by atoms with Crippen molar-refractivity contribution < 1.29 is 9.52 Å². The van der Waals surface area contributed by atoms with Crippen molar-refractivity contribution >= 4 is 28.7 Å². The van der Waals surface area contributed by atoms with E-state index >= 15 is 0 Å². The Bertz CT molecular complexity index is 980. The molecule has 7 nitrogen and oxygen atoms in total. The average molecular weight is 404 g/mol. The van der Waals surface area contributed by atoms with E-state index in [0.29, 0.717) is 22.4 Å². The summed E-state index contributed by atoms with van der Waals surface area (Å²) in [6.07, 6.45) is 1.18. The fraction of sp³-hybridized carbons (Fsp3) is 0.550. The maximum absolute atomic E-state index is 9.93. The summed E-state index contributed by atoms with van der Waals surface area (Å²) >= 11 is 6.04. The van der Waals surface area contributed by atoms with Gasteiger partial charge in [0, 0.05) is 30.1 Å². The zero-order valence-corrected chi connectivity index (χ0v) is 17.4. The number of anilines is 1. The predicted octanol–water partition coefficient (Wildman–Crippen LogP) is 4.27. The number of aromatic nitrogens is 4. The third-order valence-electron chi connectivity index (χ3n) is 5.13. The molecule has 2 aromatic heterocycles. The molecule has 0 bridgehead atoms. The Hall–Kier alpha value is -2.12. The number of oxazole rings is 1. The van der Waals surface area contributed by atoms with Gasteiger partial charge in [0.05, 0.1) is 5.54 Å². The van der Waals surface area contributed by atoms with E-state index in [0.717, 1.165) is 37.3 Å². The fourth-order valence-electron chi connectivity index (χ4n) is 3.63. The SMILES string of the molecule is CC(O)c1nc(C2CCN(c3nc4ccc(Cl)cc4o3)CC2)n(C(C)(C)C)n1. The summed E-state index contributed by atoms with van der Waals surface area (Å²) in [6, 6.07) is 6.13. The Balaban J connectivity index is 1.54. The van der Waals surface area contributed by atoms with Crippen LogP contribution in [0.1, 0.15) is 64.2 Å². The van der Waals surface area contributed by atoms with Crippen LogP contribution in [0.3, 0.4) is 0 Å². The monoisotopic (exact) mass is 403 g/mol. The lowest BCUT2D eigenvalue weighted by molar-refractivity contribution is 0.187. The number of aliphatic hydroxyl groups is 1. The van der Waals surface area contributed by atoms with Crippen LogP contribution in [0, 0.1) is 0 Å². The minimum atomic E-state index is -0.672. The Morgan fingerprint density at radius 2 is 1.93 bits per heavy atom. The molecule has 0 spiro atoms. The summed E-state index contributed by atoms with van der Waals surface area (Å²) in [5, 5.41) is 15.1. The van der Waals surface area contributed by atoms with Crippen LogP contribution in [0.2, 0.25) is 5.02 Å². The van der Waals surface area contributed by atoms with Gasteiger partial charge in [-0.3, -0.25) is 0 Å². The summed E-state index contributed by atoms with van der Waals surface area (Å²) in [5.74, 6) is 1.73. The molecule has 8 heteroatoms. The second-order valence-electron chi connectivity index (χ2n) is 8.46. The Labute approximate surface area is 169 Å². The van der Waals surface area contributed by atoms with Crippen LogP contribution in [-0.4, -0.2) is 37.9 Å². The number of hydrogen-bond acceptors (Lipinski definition) is 6. The lowest BCUT2D eigenvalue weighted by Crippen LogP contribution is -2.35.